The van der Waals surface area contributed by atoms with Crippen molar-refractivity contribution in [2.24, 2.45) is 0 Å². The number of nitrogens with zero attached hydrogens (tertiary/aromatic N) is 1. The Kier molecular flexibility index (Phi) is 3.90. The number of allylic oxidation sites excluding steroid dienone is 1. The quantitative estimate of drug-likeness (QED) is 0.483. The number of rotatable bonds is 3. The van der Waals surface area contributed by atoms with Crippen molar-refractivity contribution in [3.05, 3.63) is 46.6 Å². The molecule has 0 radical (unpaired) electrons. The molecule has 0 spiro atoms. The molecule has 0 amide bonds. The molecule has 0 aliphatic rings. The molecule has 0 aliphatic carbocycles. The van der Waals surface area contributed by atoms with E-state index in [0.29, 0.717) is 10.6 Å². The number of hydrogen-bond donors (Lipinski definition) is 1. The normalized spacial score (nSPS) is 10.6. The number of carbonyl (C=O) groups excluding carboxylic acids is 1. The molecule has 1 aromatic rings. The smallest absolute Gasteiger partial charge is 0.205 e. The molecule has 1 rings (SSSR count). The molecule has 15 heavy (non-hydrogen) atoms. The summed E-state index contributed by atoms with van der Waals surface area (Å²) in [6.07, 6.45) is 1.37. The number of Topliss-reactive ketones (excluding diaryl/α,β-unsaturated/α-hetero) is 1. The second kappa shape index (κ2) is 5.18. The van der Waals surface area contributed by atoms with E-state index in [9.17, 15) is 4.79 Å². The third-order valence-electron chi connectivity index (χ3n) is 1.76. The zero-order chi connectivity index (χ0) is 11.3. The first-order chi connectivity index (χ1) is 7.19. The third-order valence-corrected chi connectivity index (χ3v) is 2.01. The van der Waals surface area contributed by atoms with Crippen LogP contribution in [0.15, 0.2) is 36.0 Å². The van der Waals surface area contributed by atoms with E-state index >= 15 is 0 Å². The molecule has 76 valence electrons. The van der Waals surface area contributed by atoms with E-state index in [0.717, 1.165) is 0 Å². The predicted octanol–water partition coefficient (Wildman–Crippen LogP) is 2.15. The molecule has 3 nitrogen and oxygen atoms in total. The molecule has 0 saturated heterocycles. The van der Waals surface area contributed by atoms with Crippen LogP contribution < -0.4 is 5.32 Å². The summed E-state index contributed by atoms with van der Waals surface area (Å²) in [6.45, 7) is 0. The Bertz CT molecular complexity index is 429. The highest BCUT2D eigenvalue weighted by Gasteiger charge is 2.10. The third kappa shape index (κ3) is 2.83. The molecule has 0 atom stereocenters. The van der Waals surface area contributed by atoms with Gasteiger partial charge in [-0.1, -0.05) is 11.6 Å². The number of benzene rings is 1. The molecule has 0 saturated carbocycles. The topological polar surface area (TPSA) is 52.9 Å². The second-order valence-corrected chi connectivity index (χ2v) is 3.23. The SMILES string of the molecule is CN/C=C(\C#N)C(=O)c1ccc(Cl)cc1. The first-order valence-electron chi connectivity index (χ1n) is 4.27. The summed E-state index contributed by atoms with van der Waals surface area (Å²) < 4.78 is 0. The largest absolute Gasteiger partial charge is 0.393 e. The lowest BCUT2D eigenvalue weighted by molar-refractivity contribution is 0.103. The Hall–Kier alpha value is -1.79. The number of nitrogens with one attached hydrogen (secondary N) is 1. The van der Waals surface area contributed by atoms with E-state index in [2.05, 4.69) is 5.32 Å². The van der Waals surface area contributed by atoms with Crippen LogP contribution in [0.3, 0.4) is 0 Å². The van der Waals surface area contributed by atoms with Crippen LogP contribution in [-0.4, -0.2) is 12.8 Å². The predicted molar refractivity (Wildman–Crippen MR) is 58.5 cm³/mol. The lowest BCUT2D eigenvalue weighted by Crippen LogP contribution is -2.06. The molecule has 0 heterocycles. The van der Waals surface area contributed by atoms with Crippen molar-refractivity contribution in [3.63, 3.8) is 0 Å². The minimum atomic E-state index is -0.316. The Labute approximate surface area is 93.0 Å². The van der Waals surface area contributed by atoms with Crippen molar-refractivity contribution in [1.29, 1.82) is 5.26 Å². The van der Waals surface area contributed by atoms with Crippen molar-refractivity contribution < 1.29 is 4.79 Å². The highest BCUT2D eigenvalue weighted by Crippen LogP contribution is 2.12. The van der Waals surface area contributed by atoms with Crippen LogP contribution >= 0.6 is 11.6 Å². The highest BCUT2D eigenvalue weighted by atomic mass is 35.5. The molecule has 0 unspecified atom stereocenters. The van der Waals surface area contributed by atoms with Gasteiger partial charge in [0.1, 0.15) is 11.6 Å². The van der Waals surface area contributed by atoms with Gasteiger partial charge in [0.15, 0.2) is 0 Å². The fraction of sp³-hybridized carbons (Fsp3) is 0.0909. The Balaban J connectivity index is 3.00. The average Bonchev–Trinajstić information content (AvgIpc) is 2.26. The van der Waals surface area contributed by atoms with Crippen LogP contribution in [0.25, 0.3) is 0 Å². The average molecular weight is 221 g/mol. The molecule has 0 fully saturated rings. The highest BCUT2D eigenvalue weighted by molar-refractivity contribution is 6.30. The second-order valence-electron chi connectivity index (χ2n) is 2.79. The molecular weight excluding hydrogens is 212 g/mol. The van der Waals surface area contributed by atoms with Crippen molar-refractivity contribution in [3.8, 4) is 6.07 Å². The van der Waals surface area contributed by atoms with Gasteiger partial charge in [0.25, 0.3) is 0 Å². The maximum Gasteiger partial charge on any atom is 0.205 e. The summed E-state index contributed by atoms with van der Waals surface area (Å²) in [6, 6.07) is 8.24. The zero-order valence-electron chi connectivity index (χ0n) is 8.12. The summed E-state index contributed by atoms with van der Waals surface area (Å²) in [7, 11) is 1.63. The van der Waals surface area contributed by atoms with Gasteiger partial charge in [-0.2, -0.15) is 5.26 Å². The van der Waals surface area contributed by atoms with Crippen LogP contribution in [0.5, 0.6) is 0 Å². The van der Waals surface area contributed by atoms with Gasteiger partial charge in [0, 0.05) is 23.8 Å². The number of halogens is 1. The molecule has 0 aromatic heterocycles. The van der Waals surface area contributed by atoms with Crippen LogP contribution in [0.1, 0.15) is 10.4 Å². The number of nitriles is 1. The van der Waals surface area contributed by atoms with Crippen molar-refractivity contribution in [2.45, 2.75) is 0 Å². The van der Waals surface area contributed by atoms with Gasteiger partial charge in [-0.25, -0.2) is 0 Å². The number of ketones is 1. The Morgan fingerprint density at radius 2 is 2.07 bits per heavy atom. The van der Waals surface area contributed by atoms with E-state index in [1.807, 2.05) is 6.07 Å². The van der Waals surface area contributed by atoms with E-state index in [1.165, 1.54) is 6.20 Å². The van der Waals surface area contributed by atoms with Crippen LogP contribution in [-0.2, 0) is 0 Å². The van der Waals surface area contributed by atoms with Crippen LogP contribution in [0.4, 0.5) is 0 Å². The maximum absolute atomic E-state index is 11.7. The van der Waals surface area contributed by atoms with Gasteiger partial charge in [-0.3, -0.25) is 4.79 Å². The van der Waals surface area contributed by atoms with Crippen molar-refractivity contribution in [1.82, 2.24) is 5.32 Å². The van der Waals surface area contributed by atoms with Crippen LogP contribution in [0.2, 0.25) is 5.02 Å². The van der Waals surface area contributed by atoms with Gasteiger partial charge in [-0.05, 0) is 24.3 Å². The molecule has 1 aromatic carbocycles. The van der Waals surface area contributed by atoms with Crippen molar-refractivity contribution in [2.75, 3.05) is 7.05 Å². The molecule has 4 heteroatoms. The maximum atomic E-state index is 11.7. The summed E-state index contributed by atoms with van der Waals surface area (Å²) >= 11 is 5.69. The lowest BCUT2D eigenvalue weighted by atomic mass is 10.1. The minimum Gasteiger partial charge on any atom is -0.393 e. The first kappa shape index (κ1) is 11.3. The fourth-order valence-electron chi connectivity index (χ4n) is 1.05. The number of hydrogen-bond acceptors (Lipinski definition) is 3. The van der Waals surface area contributed by atoms with E-state index in [1.54, 1.807) is 31.3 Å². The monoisotopic (exact) mass is 220 g/mol. The minimum absolute atomic E-state index is 0.0693. The van der Waals surface area contributed by atoms with E-state index in [4.69, 9.17) is 16.9 Å². The van der Waals surface area contributed by atoms with Gasteiger partial charge in [0.2, 0.25) is 5.78 Å². The van der Waals surface area contributed by atoms with E-state index in [-0.39, 0.29) is 11.4 Å². The summed E-state index contributed by atoms with van der Waals surface area (Å²) in [4.78, 5) is 11.7. The van der Waals surface area contributed by atoms with E-state index < -0.39 is 0 Å². The zero-order valence-corrected chi connectivity index (χ0v) is 8.88. The molecule has 1 N–H and O–H groups in total. The van der Waals surface area contributed by atoms with Gasteiger partial charge in [-0.15, -0.1) is 0 Å². The van der Waals surface area contributed by atoms with Gasteiger partial charge >= 0.3 is 0 Å². The van der Waals surface area contributed by atoms with Crippen LogP contribution in [0, 0.1) is 11.3 Å². The van der Waals surface area contributed by atoms with Gasteiger partial charge < -0.3 is 5.32 Å². The Morgan fingerprint density at radius 3 is 2.53 bits per heavy atom. The fourth-order valence-corrected chi connectivity index (χ4v) is 1.18. The summed E-state index contributed by atoms with van der Waals surface area (Å²) in [5.41, 5.74) is 0.516. The summed E-state index contributed by atoms with van der Waals surface area (Å²) in [5.74, 6) is -0.316. The standard InChI is InChI=1S/C11H9ClN2O/c1-14-7-9(6-13)11(15)8-2-4-10(12)5-3-8/h2-5,7,14H,1H3/b9-7+. The molecular formula is C11H9ClN2O. The number of carbonyl (C=O) groups is 1. The summed E-state index contributed by atoms with van der Waals surface area (Å²) in [5, 5.41) is 11.9. The van der Waals surface area contributed by atoms with Gasteiger partial charge in [0.05, 0.1) is 0 Å². The van der Waals surface area contributed by atoms with Crippen molar-refractivity contribution >= 4 is 17.4 Å². The first-order valence-corrected chi connectivity index (χ1v) is 4.64. The Morgan fingerprint density at radius 1 is 1.47 bits per heavy atom. The lowest BCUT2D eigenvalue weighted by Gasteiger charge is -1.99. The molecule has 0 aliphatic heterocycles. The molecule has 0 bridgehead atoms.